The Labute approximate surface area is 142 Å². The van der Waals surface area contributed by atoms with Gasteiger partial charge in [0.05, 0.1) is 0 Å². The molecule has 0 fully saturated rings. The summed E-state index contributed by atoms with van der Waals surface area (Å²) in [7, 11) is -1.54. The lowest BCUT2D eigenvalue weighted by Gasteiger charge is -2.29. The summed E-state index contributed by atoms with van der Waals surface area (Å²) in [5, 5.41) is 0. The Balaban J connectivity index is 4.09. The van der Waals surface area contributed by atoms with Crippen LogP contribution in [0.15, 0.2) is 12.7 Å². The minimum atomic E-state index is -1.54. The minimum Gasteiger partial charge on any atom is -0.414 e. The number of rotatable bonds is 16. The third kappa shape index (κ3) is 13.6. The van der Waals surface area contributed by atoms with Gasteiger partial charge in [-0.2, -0.15) is 0 Å². The average molecular weight is 327 g/mol. The number of hydrogen-bond acceptors (Lipinski definition) is 1. The van der Waals surface area contributed by atoms with Gasteiger partial charge in [0, 0.05) is 6.10 Å². The first-order chi connectivity index (χ1) is 10.6. The molecule has 0 radical (unpaired) electrons. The molecule has 0 aromatic heterocycles. The molecule has 0 aliphatic heterocycles. The van der Waals surface area contributed by atoms with E-state index in [-0.39, 0.29) is 0 Å². The highest BCUT2D eigenvalue weighted by Crippen LogP contribution is 2.22. The van der Waals surface area contributed by atoms with Crippen LogP contribution in [0.4, 0.5) is 0 Å². The Morgan fingerprint density at radius 1 is 0.818 bits per heavy atom. The van der Waals surface area contributed by atoms with Crippen LogP contribution in [0.3, 0.4) is 0 Å². The fourth-order valence-electron chi connectivity index (χ4n) is 3.06. The van der Waals surface area contributed by atoms with E-state index >= 15 is 0 Å². The summed E-state index contributed by atoms with van der Waals surface area (Å²) in [6, 6.07) is 1.08. The molecule has 0 N–H and O–H groups in total. The van der Waals surface area contributed by atoms with Gasteiger partial charge in [-0.3, -0.25) is 0 Å². The van der Waals surface area contributed by atoms with Crippen molar-refractivity contribution in [2.24, 2.45) is 0 Å². The highest BCUT2D eigenvalue weighted by Gasteiger charge is 2.24. The second kappa shape index (κ2) is 14.5. The largest absolute Gasteiger partial charge is 0.414 e. The number of hydrogen-bond donors (Lipinski definition) is 0. The Morgan fingerprint density at radius 2 is 1.27 bits per heavy atom. The monoisotopic (exact) mass is 326 g/mol. The van der Waals surface area contributed by atoms with Crippen molar-refractivity contribution in [2.45, 2.75) is 116 Å². The summed E-state index contributed by atoms with van der Waals surface area (Å²) >= 11 is 0. The van der Waals surface area contributed by atoms with Crippen molar-refractivity contribution in [3.05, 3.63) is 12.7 Å². The van der Waals surface area contributed by atoms with Crippen molar-refractivity contribution in [1.82, 2.24) is 0 Å². The van der Waals surface area contributed by atoms with Crippen LogP contribution in [0.25, 0.3) is 0 Å². The first-order valence-electron chi connectivity index (χ1n) is 9.84. The maximum Gasteiger partial charge on any atom is 0.190 e. The van der Waals surface area contributed by atoms with E-state index in [2.05, 4.69) is 33.5 Å². The smallest absolute Gasteiger partial charge is 0.190 e. The van der Waals surface area contributed by atoms with Crippen LogP contribution in [-0.4, -0.2) is 14.4 Å². The molecule has 0 atom stereocenters. The molecular weight excluding hydrogens is 284 g/mol. The summed E-state index contributed by atoms with van der Waals surface area (Å²) in [5.41, 5.74) is 0. The van der Waals surface area contributed by atoms with Crippen LogP contribution in [-0.2, 0) is 4.43 Å². The van der Waals surface area contributed by atoms with Crippen molar-refractivity contribution < 1.29 is 4.43 Å². The van der Waals surface area contributed by atoms with E-state index < -0.39 is 8.32 Å². The third-order valence-corrected chi connectivity index (χ3v) is 6.62. The van der Waals surface area contributed by atoms with Crippen molar-refractivity contribution in [2.75, 3.05) is 0 Å². The fourth-order valence-corrected chi connectivity index (χ4v) is 4.99. The zero-order valence-corrected chi connectivity index (χ0v) is 17.0. The van der Waals surface area contributed by atoms with Gasteiger partial charge < -0.3 is 4.43 Å². The molecule has 0 amide bonds. The van der Waals surface area contributed by atoms with Gasteiger partial charge in [0.1, 0.15) is 0 Å². The molecule has 2 heteroatoms. The Kier molecular flexibility index (Phi) is 14.5. The van der Waals surface area contributed by atoms with Crippen LogP contribution in [0.1, 0.15) is 90.9 Å². The van der Waals surface area contributed by atoms with E-state index in [1.807, 2.05) is 6.08 Å². The van der Waals surface area contributed by atoms with Crippen LogP contribution in [0, 0.1) is 0 Å². The van der Waals surface area contributed by atoms with Gasteiger partial charge >= 0.3 is 0 Å². The van der Waals surface area contributed by atoms with E-state index in [1.54, 1.807) is 0 Å². The predicted molar refractivity (Wildman–Crippen MR) is 104 cm³/mol. The molecule has 1 nitrogen and oxygen atoms in total. The molecule has 0 saturated heterocycles. The lowest BCUT2D eigenvalue weighted by molar-refractivity contribution is 0.164. The Bertz CT molecular complexity index is 236. The fraction of sp³-hybridized carbons (Fsp3) is 0.900. The lowest BCUT2D eigenvalue weighted by atomic mass is 10.0. The average Bonchev–Trinajstić information content (AvgIpc) is 2.46. The molecule has 0 heterocycles. The van der Waals surface area contributed by atoms with Gasteiger partial charge in [-0.15, -0.1) is 6.58 Å². The maximum absolute atomic E-state index is 6.56. The van der Waals surface area contributed by atoms with E-state index in [4.69, 9.17) is 4.43 Å². The molecule has 0 unspecified atom stereocenters. The summed E-state index contributed by atoms with van der Waals surface area (Å²) in [6.45, 7) is 13.2. The van der Waals surface area contributed by atoms with Crippen LogP contribution in [0.5, 0.6) is 0 Å². The van der Waals surface area contributed by atoms with Crippen molar-refractivity contribution in [1.29, 1.82) is 0 Å². The van der Waals surface area contributed by atoms with E-state index in [1.165, 1.54) is 77.0 Å². The van der Waals surface area contributed by atoms with E-state index in [0.29, 0.717) is 6.10 Å². The Morgan fingerprint density at radius 3 is 1.68 bits per heavy atom. The number of allylic oxidation sites excluding steroid dienone is 1. The zero-order chi connectivity index (χ0) is 16.7. The zero-order valence-electron chi connectivity index (χ0n) is 16.0. The second-order valence-corrected chi connectivity index (χ2v) is 11.6. The van der Waals surface area contributed by atoms with E-state index in [9.17, 15) is 0 Å². The second-order valence-electron chi connectivity index (χ2n) is 7.40. The Hall–Kier alpha value is -0.0831. The van der Waals surface area contributed by atoms with Crippen LogP contribution >= 0.6 is 0 Å². The molecule has 0 aliphatic carbocycles. The number of unbranched alkanes of at least 4 members (excludes halogenated alkanes) is 8. The molecular formula is C20H42OSi. The predicted octanol–water partition coefficient (Wildman–Crippen LogP) is 7.48. The standard InChI is InChI=1S/C20H42OSi/c1-6-9-11-13-15-17-20(18-16-14-12-10-7-2)21-22(4,5)19-8-3/h8,20H,3,6-7,9-19H2,1-2,4-5H3. The summed E-state index contributed by atoms with van der Waals surface area (Å²) < 4.78 is 6.56. The van der Waals surface area contributed by atoms with Crippen LogP contribution < -0.4 is 0 Å². The maximum atomic E-state index is 6.56. The summed E-state index contributed by atoms with van der Waals surface area (Å²) in [4.78, 5) is 0. The highest BCUT2D eigenvalue weighted by molar-refractivity contribution is 6.71. The van der Waals surface area contributed by atoms with Gasteiger partial charge in [0.2, 0.25) is 0 Å². The normalized spacial score (nSPS) is 12.0. The highest BCUT2D eigenvalue weighted by atomic mass is 28.4. The first-order valence-corrected chi connectivity index (χ1v) is 13.0. The topological polar surface area (TPSA) is 9.23 Å². The molecule has 0 rings (SSSR count). The molecule has 0 spiro atoms. The minimum absolute atomic E-state index is 0.505. The third-order valence-electron chi connectivity index (χ3n) is 4.38. The summed E-state index contributed by atoms with van der Waals surface area (Å²) in [6.07, 6.45) is 18.8. The van der Waals surface area contributed by atoms with E-state index in [0.717, 1.165) is 6.04 Å². The van der Waals surface area contributed by atoms with Crippen LogP contribution in [0.2, 0.25) is 19.1 Å². The molecule has 0 saturated carbocycles. The van der Waals surface area contributed by atoms with Gasteiger partial charge in [-0.05, 0) is 32.0 Å². The molecule has 22 heavy (non-hydrogen) atoms. The van der Waals surface area contributed by atoms with Gasteiger partial charge in [-0.25, -0.2) is 0 Å². The lowest BCUT2D eigenvalue weighted by Crippen LogP contribution is -2.35. The molecule has 0 aliphatic rings. The summed E-state index contributed by atoms with van der Waals surface area (Å²) in [5.74, 6) is 0. The molecule has 0 aromatic carbocycles. The van der Waals surface area contributed by atoms with Gasteiger partial charge in [-0.1, -0.05) is 84.1 Å². The quantitative estimate of drug-likeness (QED) is 0.162. The van der Waals surface area contributed by atoms with Crippen molar-refractivity contribution in [3.8, 4) is 0 Å². The van der Waals surface area contributed by atoms with Gasteiger partial charge in [0.15, 0.2) is 8.32 Å². The molecule has 0 bridgehead atoms. The SMILES string of the molecule is C=CC[Si](C)(C)OC(CCCCCCC)CCCCCCC. The molecule has 0 aromatic rings. The molecule has 132 valence electrons. The van der Waals surface area contributed by atoms with Crippen molar-refractivity contribution >= 4 is 8.32 Å². The van der Waals surface area contributed by atoms with Crippen molar-refractivity contribution in [3.63, 3.8) is 0 Å². The first kappa shape index (κ1) is 21.9. The van der Waals surface area contributed by atoms with Gasteiger partial charge in [0.25, 0.3) is 0 Å².